The van der Waals surface area contributed by atoms with Crippen molar-refractivity contribution in [3.05, 3.63) is 23.8 Å². The summed E-state index contributed by atoms with van der Waals surface area (Å²) in [5, 5.41) is 13.6. The molecule has 5 N–H and O–H groups in total. The molecule has 0 aromatic carbocycles. The molecule has 0 aliphatic carbocycles. The molecule has 0 radical (unpaired) electrons. The number of nitrogens with one attached hydrogen (secondary N) is 2. The number of hydrogen-bond acceptors (Lipinski definition) is 5. The minimum Gasteiger partial charge on any atom is -0.480 e. The summed E-state index contributed by atoms with van der Waals surface area (Å²) in [7, 11) is 0. The van der Waals surface area contributed by atoms with E-state index in [1.54, 1.807) is 13.1 Å². The maximum absolute atomic E-state index is 11.6. The molecule has 9 nitrogen and oxygen atoms in total. The van der Waals surface area contributed by atoms with Crippen molar-refractivity contribution < 1.29 is 19.5 Å². The van der Waals surface area contributed by atoms with E-state index in [1.165, 1.54) is 6.20 Å². The van der Waals surface area contributed by atoms with Crippen molar-refractivity contribution in [2.75, 3.05) is 0 Å². The molecule has 3 amide bonds. The molecule has 0 spiro atoms. The van der Waals surface area contributed by atoms with Crippen LogP contribution in [0, 0.1) is 6.92 Å². The van der Waals surface area contributed by atoms with E-state index in [0.717, 1.165) is 5.69 Å². The van der Waals surface area contributed by atoms with E-state index < -0.39 is 23.9 Å². The average Bonchev–Trinajstić information content (AvgIpc) is 2.42. The first-order chi connectivity index (χ1) is 9.88. The highest BCUT2D eigenvalue weighted by molar-refractivity contribution is 5.83. The monoisotopic (exact) mass is 295 g/mol. The minimum absolute atomic E-state index is 0.0670. The highest BCUT2D eigenvalue weighted by atomic mass is 16.4. The van der Waals surface area contributed by atoms with Crippen LogP contribution >= 0.6 is 0 Å². The summed E-state index contributed by atoms with van der Waals surface area (Å²) in [6.07, 6.45) is 2.88. The summed E-state index contributed by atoms with van der Waals surface area (Å²) >= 11 is 0. The lowest BCUT2D eigenvalue weighted by atomic mass is 10.1. The number of amides is 3. The van der Waals surface area contributed by atoms with E-state index >= 15 is 0 Å². The maximum Gasteiger partial charge on any atom is 0.326 e. The molecule has 0 fully saturated rings. The highest BCUT2D eigenvalue weighted by Gasteiger charge is 2.20. The summed E-state index contributed by atoms with van der Waals surface area (Å²) in [6.45, 7) is 1.90. The van der Waals surface area contributed by atoms with Crippen LogP contribution in [-0.2, 0) is 16.1 Å². The Balaban J connectivity index is 2.44. The maximum atomic E-state index is 11.6. The van der Waals surface area contributed by atoms with Crippen molar-refractivity contribution in [2.45, 2.75) is 32.4 Å². The van der Waals surface area contributed by atoms with Gasteiger partial charge in [0.2, 0.25) is 5.91 Å². The standard InChI is InChI=1S/C12H17N5O4/c1-7-4-15-8(5-14-7)6-16-12(21)17-9(11(19)20)2-3-10(13)18/h4-5,9H,2-3,6H2,1H3,(H2,13,18)(H,19,20)(H2,16,17,21)/t9-/m0/s1. The first kappa shape index (κ1) is 16.3. The number of carbonyl (C=O) groups excluding carboxylic acids is 2. The molecule has 0 bridgehead atoms. The molecule has 9 heteroatoms. The van der Waals surface area contributed by atoms with E-state index in [9.17, 15) is 14.4 Å². The van der Waals surface area contributed by atoms with E-state index in [0.29, 0.717) is 5.69 Å². The molecular weight excluding hydrogens is 278 g/mol. The number of nitrogens with two attached hydrogens (primary N) is 1. The number of rotatable bonds is 7. The molecule has 0 aliphatic rings. The van der Waals surface area contributed by atoms with Crippen LogP contribution in [0.25, 0.3) is 0 Å². The van der Waals surface area contributed by atoms with Gasteiger partial charge in [-0.1, -0.05) is 0 Å². The summed E-state index contributed by atoms with van der Waals surface area (Å²) in [6, 6.07) is -1.85. The van der Waals surface area contributed by atoms with Crippen LogP contribution in [0.4, 0.5) is 4.79 Å². The molecule has 1 heterocycles. The molecule has 1 rings (SSSR count). The normalized spacial score (nSPS) is 11.5. The van der Waals surface area contributed by atoms with Crippen molar-refractivity contribution >= 4 is 17.9 Å². The van der Waals surface area contributed by atoms with Gasteiger partial charge in [-0.25, -0.2) is 9.59 Å². The Morgan fingerprint density at radius 3 is 2.57 bits per heavy atom. The van der Waals surface area contributed by atoms with Gasteiger partial charge in [-0.2, -0.15) is 0 Å². The molecule has 1 aromatic rings. The number of aromatic nitrogens is 2. The fourth-order valence-electron chi connectivity index (χ4n) is 1.43. The minimum atomic E-state index is -1.23. The topological polar surface area (TPSA) is 147 Å². The molecule has 114 valence electrons. The van der Waals surface area contributed by atoms with Crippen LogP contribution in [-0.4, -0.2) is 39.0 Å². The van der Waals surface area contributed by atoms with Crippen molar-refractivity contribution in [1.82, 2.24) is 20.6 Å². The predicted molar refractivity (Wildman–Crippen MR) is 72.0 cm³/mol. The van der Waals surface area contributed by atoms with Crippen LogP contribution in [0.3, 0.4) is 0 Å². The quantitative estimate of drug-likeness (QED) is 0.523. The number of nitrogens with zero attached hydrogens (tertiary/aromatic N) is 2. The first-order valence-corrected chi connectivity index (χ1v) is 6.21. The third-order valence-corrected chi connectivity index (χ3v) is 2.55. The van der Waals surface area contributed by atoms with Crippen LogP contribution < -0.4 is 16.4 Å². The fraction of sp³-hybridized carbons (Fsp3) is 0.417. The Labute approximate surface area is 121 Å². The zero-order valence-corrected chi connectivity index (χ0v) is 11.5. The smallest absolute Gasteiger partial charge is 0.326 e. The number of primary amides is 1. The third-order valence-electron chi connectivity index (χ3n) is 2.55. The van der Waals surface area contributed by atoms with Gasteiger partial charge in [0.25, 0.3) is 0 Å². The summed E-state index contributed by atoms with van der Waals surface area (Å²) in [4.78, 5) is 41.2. The number of carboxylic acid groups (broad SMARTS) is 1. The molecule has 0 unspecified atom stereocenters. The summed E-state index contributed by atoms with van der Waals surface area (Å²) < 4.78 is 0. The second-order valence-electron chi connectivity index (χ2n) is 4.37. The van der Waals surface area contributed by atoms with Crippen molar-refractivity contribution in [2.24, 2.45) is 5.73 Å². The lowest BCUT2D eigenvalue weighted by Gasteiger charge is -2.14. The molecular formula is C12H17N5O4. The Kier molecular flexibility index (Phi) is 6.05. The largest absolute Gasteiger partial charge is 0.480 e. The molecule has 1 aromatic heterocycles. The van der Waals surface area contributed by atoms with E-state index in [2.05, 4.69) is 20.6 Å². The van der Waals surface area contributed by atoms with Gasteiger partial charge in [0.15, 0.2) is 0 Å². The lowest BCUT2D eigenvalue weighted by Crippen LogP contribution is -2.46. The van der Waals surface area contributed by atoms with Gasteiger partial charge in [0, 0.05) is 12.6 Å². The number of aryl methyl sites for hydroxylation is 1. The van der Waals surface area contributed by atoms with Gasteiger partial charge in [0.1, 0.15) is 6.04 Å². The Bertz CT molecular complexity index is 517. The van der Waals surface area contributed by atoms with Gasteiger partial charge in [-0.15, -0.1) is 0 Å². The predicted octanol–water partition coefficient (Wildman–Crippen LogP) is -0.697. The zero-order valence-electron chi connectivity index (χ0n) is 11.5. The van der Waals surface area contributed by atoms with Crippen LogP contribution in [0.15, 0.2) is 12.4 Å². The van der Waals surface area contributed by atoms with E-state index in [4.69, 9.17) is 10.8 Å². The SMILES string of the molecule is Cc1cnc(CNC(=O)N[C@@H](CCC(N)=O)C(=O)O)cn1. The second-order valence-corrected chi connectivity index (χ2v) is 4.37. The Morgan fingerprint density at radius 2 is 2.05 bits per heavy atom. The number of aliphatic carboxylic acids is 1. The van der Waals surface area contributed by atoms with Gasteiger partial charge < -0.3 is 21.5 Å². The molecule has 0 saturated carbocycles. The molecule has 0 aliphatic heterocycles. The van der Waals surface area contributed by atoms with Crippen molar-refractivity contribution in [3.8, 4) is 0 Å². The summed E-state index contributed by atoms with van der Waals surface area (Å²) in [5.74, 6) is -1.86. The molecule has 21 heavy (non-hydrogen) atoms. The van der Waals surface area contributed by atoms with Crippen molar-refractivity contribution in [3.63, 3.8) is 0 Å². The van der Waals surface area contributed by atoms with Crippen LogP contribution in [0.2, 0.25) is 0 Å². The fourth-order valence-corrected chi connectivity index (χ4v) is 1.43. The van der Waals surface area contributed by atoms with Gasteiger partial charge in [-0.3, -0.25) is 14.8 Å². The average molecular weight is 295 g/mol. The van der Waals surface area contributed by atoms with Crippen LogP contribution in [0.5, 0.6) is 0 Å². The Morgan fingerprint density at radius 1 is 1.33 bits per heavy atom. The van der Waals surface area contributed by atoms with E-state index in [-0.39, 0.29) is 19.4 Å². The van der Waals surface area contributed by atoms with Gasteiger partial charge >= 0.3 is 12.0 Å². The van der Waals surface area contributed by atoms with Crippen molar-refractivity contribution in [1.29, 1.82) is 0 Å². The van der Waals surface area contributed by atoms with Gasteiger partial charge in [-0.05, 0) is 13.3 Å². The third kappa shape index (κ3) is 6.32. The molecule has 1 atom stereocenters. The number of carboxylic acids is 1. The molecule has 0 saturated heterocycles. The van der Waals surface area contributed by atoms with Gasteiger partial charge in [0.05, 0.1) is 24.1 Å². The number of carbonyl (C=O) groups is 3. The Hall–Kier alpha value is -2.71. The number of hydrogen-bond donors (Lipinski definition) is 4. The summed E-state index contributed by atoms with van der Waals surface area (Å²) in [5.41, 5.74) is 6.24. The highest BCUT2D eigenvalue weighted by Crippen LogP contribution is 1.98. The first-order valence-electron chi connectivity index (χ1n) is 6.21. The van der Waals surface area contributed by atoms with Crippen LogP contribution in [0.1, 0.15) is 24.2 Å². The second kappa shape index (κ2) is 7.78. The zero-order chi connectivity index (χ0) is 15.8. The number of urea groups is 1. The lowest BCUT2D eigenvalue weighted by molar-refractivity contribution is -0.139. The van der Waals surface area contributed by atoms with E-state index in [1.807, 2.05) is 0 Å².